The molecule has 1 aromatic carbocycles. The van der Waals surface area contributed by atoms with Crippen LogP contribution in [0.1, 0.15) is 37.7 Å². The molecular weight excluding hydrogens is 312 g/mol. The summed E-state index contributed by atoms with van der Waals surface area (Å²) >= 11 is 6.74. The lowest BCUT2D eigenvalue weighted by atomic mass is 9.54. The third-order valence-electron chi connectivity index (χ3n) is 5.75. The molecule has 5 heteroatoms. The Morgan fingerprint density at radius 2 is 1.87 bits per heavy atom. The Labute approximate surface area is 141 Å². The predicted molar refractivity (Wildman–Crippen MR) is 88.8 cm³/mol. The van der Waals surface area contributed by atoms with Gasteiger partial charge in [-0.1, -0.05) is 30.3 Å². The molecule has 5 rings (SSSR count). The highest BCUT2D eigenvalue weighted by Gasteiger charge is 2.54. The van der Waals surface area contributed by atoms with Gasteiger partial charge in [0.15, 0.2) is 0 Å². The third kappa shape index (κ3) is 3.20. The minimum absolute atomic E-state index is 0.0303. The molecular formula is C18H23ClN2O2. The average Bonchev–Trinajstić information content (AvgIpc) is 2.51. The van der Waals surface area contributed by atoms with Crippen molar-refractivity contribution in [2.24, 2.45) is 17.8 Å². The second kappa shape index (κ2) is 5.99. The van der Waals surface area contributed by atoms with Crippen LogP contribution in [0.3, 0.4) is 0 Å². The fourth-order valence-electron chi connectivity index (χ4n) is 5.06. The summed E-state index contributed by atoms with van der Waals surface area (Å²) in [6.45, 7) is 0.290. The Morgan fingerprint density at radius 3 is 2.52 bits per heavy atom. The Hall–Kier alpha value is -1.26. The molecule has 0 spiro atoms. The smallest absolute Gasteiger partial charge is 0.421 e. The zero-order valence-corrected chi connectivity index (χ0v) is 13.9. The number of ether oxygens (including phenoxy) is 1. The van der Waals surface area contributed by atoms with Crippen molar-refractivity contribution < 1.29 is 9.53 Å². The van der Waals surface area contributed by atoms with Crippen LogP contribution in [0.2, 0.25) is 0 Å². The molecule has 1 amide bonds. The van der Waals surface area contributed by atoms with Crippen LogP contribution in [0.25, 0.3) is 0 Å². The normalized spacial score (nSPS) is 37.6. The van der Waals surface area contributed by atoms with Crippen molar-refractivity contribution in [3.63, 3.8) is 0 Å². The van der Waals surface area contributed by atoms with Crippen LogP contribution in [0.5, 0.6) is 0 Å². The van der Waals surface area contributed by atoms with Crippen molar-refractivity contribution in [1.82, 2.24) is 10.9 Å². The Bertz CT molecular complexity index is 564. The number of amides is 1. The van der Waals surface area contributed by atoms with Crippen molar-refractivity contribution in [3.8, 4) is 0 Å². The molecule has 4 saturated carbocycles. The summed E-state index contributed by atoms with van der Waals surface area (Å²) in [6, 6.07) is 10.0. The van der Waals surface area contributed by atoms with Crippen molar-refractivity contribution in [2.75, 3.05) is 0 Å². The summed E-state index contributed by atoms with van der Waals surface area (Å²) in [6.07, 6.45) is 5.39. The Balaban J connectivity index is 1.27. The monoisotopic (exact) mass is 334 g/mol. The first kappa shape index (κ1) is 15.3. The number of rotatable bonds is 4. The summed E-state index contributed by atoms with van der Waals surface area (Å²) in [5.74, 6) is 1.94. The van der Waals surface area contributed by atoms with Crippen molar-refractivity contribution >= 4 is 17.7 Å². The van der Waals surface area contributed by atoms with Gasteiger partial charge in [-0.2, -0.15) is 0 Å². The van der Waals surface area contributed by atoms with Crippen molar-refractivity contribution in [3.05, 3.63) is 35.9 Å². The number of carbonyl (C=O) groups excluding carboxylic acids is 1. The van der Waals surface area contributed by atoms with Crippen LogP contribution in [-0.4, -0.2) is 17.0 Å². The lowest BCUT2D eigenvalue weighted by molar-refractivity contribution is -0.00616. The van der Waals surface area contributed by atoms with Gasteiger partial charge in [0.2, 0.25) is 0 Å². The molecule has 0 heterocycles. The van der Waals surface area contributed by atoms with Gasteiger partial charge in [-0.25, -0.2) is 10.2 Å². The van der Waals surface area contributed by atoms with Gasteiger partial charge >= 0.3 is 6.09 Å². The van der Waals surface area contributed by atoms with E-state index in [0.29, 0.717) is 24.5 Å². The molecule has 0 aromatic heterocycles. The van der Waals surface area contributed by atoms with Crippen LogP contribution in [0.4, 0.5) is 4.79 Å². The topological polar surface area (TPSA) is 50.4 Å². The van der Waals surface area contributed by atoms with E-state index >= 15 is 0 Å². The van der Waals surface area contributed by atoms with E-state index in [9.17, 15) is 4.79 Å². The van der Waals surface area contributed by atoms with Crippen molar-refractivity contribution in [1.29, 1.82) is 0 Å². The molecule has 4 bridgehead atoms. The molecule has 4 aliphatic rings. The first-order valence-corrected chi connectivity index (χ1v) is 8.90. The van der Waals surface area contributed by atoms with E-state index in [0.717, 1.165) is 24.3 Å². The molecule has 0 saturated heterocycles. The molecule has 23 heavy (non-hydrogen) atoms. The zero-order chi connectivity index (χ0) is 15.9. The summed E-state index contributed by atoms with van der Waals surface area (Å²) in [4.78, 5) is 11.9. The summed E-state index contributed by atoms with van der Waals surface area (Å²) in [5.41, 5.74) is 6.96. The Kier molecular flexibility index (Phi) is 3.98. The maximum atomic E-state index is 11.9. The van der Waals surface area contributed by atoms with Gasteiger partial charge in [0.1, 0.15) is 6.61 Å². The number of hydrogen-bond donors (Lipinski definition) is 2. The molecule has 124 valence electrons. The molecule has 0 radical (unpaired) electrons. The minimum atomic E-state index is -0.414. The van der Waals surface area contributed by atoms with Gasteiger partial charge in [0.05, 0.1) is 0 Å². The number of nitrogens with one attached hydrogen (secondary N) is 2. The van der Waals surface area contributed by atoms with E-state index in [1.807, 2.05) is 30.3 Å². The van der Waals surface area contributed by atoms with Gasteiger partial charge in [0.25, 0.3) is 0 Å². The van der Waals surface area contributed by atoms with Crippen LogP contribution in [0, 0.1) is 17.8 Å². The Morgan fingerprint density at radius 1 is 1.17 bits per heavy atom. The second-order valence-corrected chi connectivity index (χ2v) is 8.28. The van der Waals surface area contributed by atoms with E-state index in [2.05, 4.69) is 10.9 Å². The minimum Gasteiger partial charge on any atom is -0.444 e. The number of alkyl halides is 1. The molecule has 0 aliphatic heterocycles. The maximum absolute atomic E-state index is 11.9. The molecule has 2 atom stereocenters. The van der Waals surface area contributed by atoms with Gasteiger partial charge in [-0.3, -0.25) is 5.43 Å². The summed E-state index contributed by atoms with van der Waals surface area (Å²) < 4.78 is 5.25. The van der Waals surface area contributed by atoms with Gasteiger partial charge in [-0.05, 0) is 55.4 Å². The van der Waals surface area contributed by atoms with Crippen LogP contribution in [-0.2, 0) is 11.3 Å². The number of benzene rings is 1. The lowest BCUT2D eigenvalue weighted by Gasteiger charge is -2.57. The second-order valence-electron chi connectivity index (χ2n) is 7.48. The average molecular weight is 335 g/mol. The molecule has 2 unspecified atom stereocenters. The molecule has 4 aliphatic carbocycles. The summed E-state index contributed by atoms with van der Waals surface area (Å²) in [5, 5.41) is 0. The molecule has 1 aromatic rings. The quantitative estimate of drug-likeness (QED) is 0.653. The molecule has 4 nitrogen and oxygen atoms in total. The SMILES string of the molecule is O=C(NNC1C2CC3CC1CC(Cl)(C3)C2)OCc1ccccc1. The van der Waals surface area contributed by atoms with E-state index in [-0.39, 0.29) is 4.87 Å². The first-order chi connectivity index (χ1) is 11.1. The van der Waals surface area contributed by atoms with E-state index < -0.39 is 6.09 Å². The molecule has 2 N–H and O–H groups in total. The van der Waals surface area contributed by atoms with Crippen molar-refractivity contribution in [2.45, 2.75) is 49.6 Å². The third-order valence-corrected chi connectivity index (χ3v) is 6.21. The standard InChI is InChI=1S/C18H23ClN2O2/c19-18-8-13-6-14(9-18)16(15(7-13)10-18)20-21-17(22)23-11-12-4-2-1-3-5-12/h1-5,13-16,20H,6-11H2,(H,21,22). The number of halogens is 1. The largest absolute Gasteiger partial charge is 0.444 e. The highest BCUT2D eigenvalue weighted by molar-refractivity contribution is 6.24. The number of hydrazine groups is 1. The van der Waals surface area contributed by atoms with Crippen LogP contribution >= 0.6 is 11.6 Å². The van der Waals surface area contributed by atoms with Gasteiger partial charge in [-0.15, -0.1) is 11.6 Å². The van der Waals surface area contributed by atoms with E-state index in [4.69, 9.17) is 16.3 Å². The summed E-state index contributed by atoms with van der Waals surface area (Å²) in [7, 11) is 0. The number of hydrogen-bond acceptors (Lipinski definition) is 3. The lowest BCUT2D eigenvalue weighted by Crippen LogP contribution is -2.62. The maximum Gasteiger partial charge on any atom is 0.421 e. The fraction of sp³-hybridized carbons (Fsp3) is 0.611. The molecule has 4 fully saturated rings. The fourth-order valence-corrected chi connectivity index (χ4v) is 5.68. The van der Waals surface area contributed by atoms with E-state index in [1.165, 1.54) is 19.3 Å². The van der Waals surface area contributed by atoms with Crippen LogP contribution in [0.15, 0.2) is 30.3 Å². The highest BCUT2D eigenvalue weighted by Crippen LogP contribution is 2.58. The zero-order valence-electron chi connectivity index (χ0n) is 13.1. The highest BCUT2D eigenvalue weighted by atomic mass is 35.5. The number of carbonyl (C=O) groups is 1. The van der Waals surface area contributed by atoms with Gasteiger partial charge in [0, 0.05) is 10.9 Å². The van der Waals surface area contributed by atoms with Gasteiger partial charge < -0.3 is 4.74 Å². The predicted octanol–water partition coefficient (Wildman–Crippen LogP) is 3.60. The first-order valence-electron chi connectivity index (χ1n) is 8.52. The van der Waals surface area contributed by atoms with Crippen LogP contribution < -0.4 is 10.9 Å². The van der Waals surface area contributed by atoms with E-state index in [1.54, 1.807) is 0 Å².